The fraction of sp³-hybridized carbons (Fsp3) is 1.00. The predicted molar refractivity (Wildman–Crippen MR) is 59.3 cm³/mol. The molecule has 0 bridgehead atoms. The predicted octanol–water partition coefficient (Wildman–Crippen LogP) is 1.57. The first-order chi connectivity index (χ1) is 6.70. The van der Waals surface area contributed by atoms with Crippen LogP contribution in [0.2, 0.25) is 0 Å². The van der Waals surface area contributed by atoms with Crippen LogP contribution in [0.25, 0.3) is 10.4 Å². The quantitative estimate of drug-likeness (QED) is 0.338. The van der Waals surface area contributed by atoms with Gasteiger partial charge in [-0.05, 0) is 45.7 Å². The van der Waals surface area contributed by atoms with E-state index in [0.717, 1.165) is 32.6 Å². The van der Waals surface area contributed by atoms with Crippen LogP contribution in [-0.4, -0.2) is 56.6 Å². The van der Waals surface area contributed by atoms with Gasteiger partial charge in [-0.25, -0.2) is 0 Å². The monoisotopic (exact) mass is 199 g/mol. The second kappa shape index (κ2) is 8.81. The summed E-state index contributed by atoms with van der Waals surface area (Å²) in [5.41, 5.74) is 8.13. The highest BCUT2D eigenvalue weighted by atomic mass is 15.2. The van der Waals surface area contributed by atoms with E-state index in [-0.39, 0.29) is 0 Å². The summed E-state index contributed by atoms with van der Waals surface area (Å²) in [6.45, 7) is 6.79. The van der Waals surface area contributed by atoms with Crippen LogP contribution in [0.1, 0.15) is 13.3 Å². The number of rotatable bonds is 8. The molecule has 0 radical (unpaired) electrons. The fourth-order valence-corrected chi connectivity index (χ4v) is 1.27. The Bertz CT molecular complexity index is 174. The van der Waals surface area contributed by atoms with E-state index in [4.69, 9.17) is 5.53 Å². The van der Waals surface area contributed by atoms with Gasteiger partial charge in [0.15, 0.2) is 0 Å². The Hall–Kier alpha value is -0.770. The van der Waals surface area contributed by atoms with Crippen LogP contribution >= 0.6 is 0 Å². The standard InChI is InChI=1S/C9H21N5/c1-4-14(9-6-11-12-10)8-5-7-13(2)3/h4-9H2,1-3H3. The van der Waals surface area contributed by atoms with Crippen molar-refractivity contribution in [1.29, 1.82) is 0 Å². The minimum absolute atomic E-state index is 0.576. The number of nitrogens with zero attached hydrogens (tertiary/aromatic N) is 5. The molecule has 14 heavy (non-hydrogen) atoms. The average Bonchev–Trinajstić information content (AvgIpc) is 2.15. The normalized spacial score (nSPS) is 10.6. The topological polar surface area (TPSA) is 55.2 Å². The molecule has 0 aliphatic heterocycles. The van der Waals surface area contributed by atoms with Crippen LogP contribution in [0.5, 0.6) is 0 Å². The SMILES string of the molecule is CCN(CCCN(C)C)CCN=[N+]=[N-]. The van der Waals surface area contributed by atoms with Crippen molar-refractivity contribution in [3.8, 4) is 0 Å². The Balaban J connectivity index is 3.52. The van der Waals surface area contributed by atoms with Crippen LogP contribution in [0.3, 0.4) is 0 Å². The van der Waals surface area contributed by atoms with Gasteiger partial charge in [-0.3, -0.25) is 0 Å². The van der Waals surface area contributed by atoms with E-state index in [2.05, 4.69) is 40.8 Å². The van der Waals surface area contributed by atoms with Crippen molar-refractivity contribution in [3.05, 3.63) is 10.4 Å². The first-order valence-corrected chi connectivity index (χ1v) is 5.08. The molecule has 0 rings (SSSR count). The van der Waals surface area contributed by atoms with E-state index < -0.39 is 0 Å². The molecule has 0 saturated heterocycles. The van der Waals surface area contributed by atoms with Gasteiger partial charge >= 0.3 is 0 Å². The molecule has 0 fully saturated rings. The molecule has 0 aromatic heterocycles. The van der Waals surface area contributed by atoms with Gasteiger partial charge < -0.3 is 9.80 Å². The maximum absolute atomic E-state index is 8.13. The molecule has 0 unspecified atom stereocenters. The highest BCUT2D eigenvalue weighted by molar-refractivity contribution is 4.59. The summed E-state index contributed by atoms with van der Waals surface area (Å²) in [5.74, 6) is 0. The highest BCUT2D eigenvalue weighted by Gasteiger charge is 2.00. The third-order valence-corrected chi connectivity index (χ3v) is 2.11. The Morgan fingerprint density at radius 3 is 2.43 bits per heavy atom. The Kier molecular flexibility index (Phi) is 8.33. The van der Waals surface area contributed by atoms with Crippen molar-refractivity contribution < 1.29 is 0 Å². The van der Waals surface area contributed by atoms with Gasteiger partial charge in [-0.2, -0.15) is 0 Å². The summed E-state index contributed by atoms with van der Waals surface area (Å²) in [6, 6.07) is 0. The van der Waals surface area contributed by atoms with Crippen molar-refractivity contribution in [2.45, 2.75) is 13.3 Å². The number of hydrogen-bond acceptors (Lipinski definition) is 3. The second-order valence-electron chi connectivity index (χ2n) is 3.55. The zero-order valence-electron chi connectivity index (χ0n) is 9.48. The minimum atomic E-state index is 0.576. The minimum Gasteiger partial charge on any atom is -0.309 e. The lowest BCUT2D eigenvalue weighted by molar-refractivity contribution is 0.272. The summed E-state index contributed by atoms with van der Waals surface area (Å²) in [4.78, 5) is 7.23. The van der Waals surface area contributed by atoms with Crippen molar-refractivity contribution in [3.63, 3.8) is 0 Å². The maximum Gasteiger partial charge on any atom is 0.0385 e. The van der Waals surface area contributed by atoms with E-state index in [1.807, 2.05) is 0 Å². The van der Waals surface area contributed by atoms with E-state index in [0.29, 0.717) is 6.54 Å². The molecule has 0 aromatic carbocycles. The molecule has 0 saturated carbocycles. The van der Waals surface area contributed by atoms with Crippen molar-refractivity contribution in [2.24, 2.45) is 5.11 Å². The van der Waals surface area contributed by atoms with Gasteiger partial charge in [0.05, 0.1) is 0 Å². The second-order valence-corrected chi connectivity index (χ2v) is 3.55. The molecule has 0 amide bonds. The van der Waals surface area contributed by atoms with E-state index in [1.165, 1.54) is 0 Å². The first kappa shape index (κ1) is 13.2. The molecule has 0 aliphatic carbocycles. The fourth-order valence-electron chi connectivity index (χ4n) is 1.27. The lowest BCUT2D eigenvalue weighted by atomic mass is 10.3. The van der Waals surface area contributed by atoms with Crippen LogP contribution in [-0.2, 0) is 0 Å². The number of hydrogen-bond donors (Lipinski definition) is 0. The largest absolute Gasteiger partial charge is 0.309 e. The van der Waals surface area contributed by atoms with Gasteiger partial charge in [0, 0.05) is 18.0 Å². The van der Waals surface area contributed by atoms with E-state index >= 15 is 0 Å². The average molecular weight is 199 g/mol. The van der Waals surface area contributed by atoms with Gasteiger partial charge in [-0.15, -0.1) is 0 Å². The van der Waals surface area contributed by atoms with Gasteiger partial charge in [0.25, 0.3) is 0 Å². The molecule has 0 aromatic rings. The summed E-state index contributed by atoms with van der Waals surface area (Å²) in [6.07, 6.45) is 1.16. The van der Waals surface area contributed by atoms with Crippen molar-refractivity contribution >= 4 is 0 Å². The molecule has 0 atom stereocenters. The number of azide groups is 1. The van der Waals surface area contributed by atoms with Crippen LogP contribution in [0.4, 0.5) is 0 Å². The van der Waals surface area contributed by atoms with Gasteiger partial charge in [-0.1, -0.05) is 12.0 Å². The van der Waals surface area contributed by atoms with Crippen LogP contribution < -0.4 is 0 Å². The van der Waals surface area contributed by atoms with E-state index in [9.17, 15) is 0 Å². The van der Waals surface area contributed by atoms with Crippen molar-refractivity contribution in [1.82, 2.24) is 9.80 Å². The van der Waals surface area contributed by atoms with Crippen molar-refractivity contribution in [2.75, 3.05) is 46.8 Å². The lowest BCUT2D eigenvalue weighted by Crippen LogP contribution is -2.29. The van der Waals surface area contributed by atoms with Gasteiger partial charge in [0.1, 0.15) is 0 Å². The third kappa shape index (κ3) is 7.86. The molecule has 82 valence electrons. The summed E-state index contributed by atoms with van der Waals surface area (Å²) >= 11 is 0. The Labute approximate surface area is 86.3 Å². The maximum atomic E-state index is 8.13. The molecule has 5 heteroatoms. The number of likely N-dealkylation sites (N-methyl/N-ethyl adjacent to an activating group) is 1. The molecule has 0 spiro atoms. The molecule has 0 N–H and O–H groups in total. The third-order valence-electron chi connectivity index (χ3n) is 2.11. The Morgan fingerprint density at radius 1 is 1.21 bits per heavy atom. The van der Waals surface area contributed by atoms with E-state index in [1.54, 1.807) is 0 Å². The smallest absolute Gasteiger partial charge is 0.0385 e. The van der Waals surface area contributed by atoms with Crippen LogP contribution in [0.15, 0.2) is 5.11 Å². The molecular weight excluding hydrogens is 178 g/mol. The molecule has 0 heterocycles. The zero-order chi connectivity index (χ0) is 10.8. The zero-order valence-corrected chi connectivity index (χ0v) is 9.48. The van der Waals surface area contributed by atoms with Gasteiger partial charge in [0.2, 0.25) is 0 Å². The summed E-state index contributed by atoms with van der Waals surface area (Å²) in [7, 11) is 4.16. The van der Waals surface area contributed by atoms with Crippen LogP contribution in [0, 0.1) is 0 Å². The molecule has 0 aliphatic rings. The molecular formula is C9H21N5. The molecule has 5 nitrogen and oxygen atoms in total. The summed E-state index contributed by atoms with van der Waals surface area (Å²) < 4.78 is 0. The first-order valence-electron chi connectivity index (χ1n) is 5.08. The lowest BCUT2D eigenvalue weighted by Gasteiger charge is -2.20. The Morgan fingerprint density at radius 2 is 1.93 bits per heavy atom. The highest BCUT2D eigenvalue weighted by Crippen LogP contribution is 1.92. The summed E-state index contributed by atoms with van der Waals surface area (Å²) in [5, 5.41) is 3.53.